The van der Waals surface area contributed by atoms with Crippen LogP contribution in [-0.2, 0) is 9.63 Å². The fourth-order valence-electron chi connectivity index (χ4n) is 4.80. The zero-order chi connectivity index (χ0) is 23.6. The largest absolute Gasteiger partial charge is 0.475 e. The molecule has 1 saturated carbocycles. The van der Waals surface area contributed by atoms with Crippen LogP contribution in [0.3, 0.4) is 0 Å². The lowest BCUT2D eigenvalue weighted by Crippen LogP contribution is -2.57. The molecule has 1 aliphatic carbocycles. The van der Waals surface area contributed by atoms with Crippen LogP contribution in [0.5, 0.6) is 0 Å². The van der Waals surface area contributed by atoms with Gasteiger partial charge in [0.2, 0.25) is 5.60 Å². The summed E-state index contributed by atoms with van der Waals surface area (Å²) in [6.45, 7) is 4.03. The van der Waals surface area contributed by atoms with E-state index in [0.29, 0.717) is 30.7 Å². The van der Waals surface area contributed by atoms with Crippen LogP contribution in [0.25, 0.3) is 10.8 Å². The molecule has 3 atom stereocenters. The van der Waals surface area contributed by atoms with Crippen molar-refractivity contribution in [2.24, 2.45) is 17.0 Å². The molecule has 1 aromatic heterocycles. The van der Waals surface area contributed by atoms with Crippen molar-refractivity contribution in [3.8, 4) is 0 Å². The molecule has 1 fully saturated rings. The Labute approximate surface area is 192 Å². The molecule has 0 radical (unpaired) electrons. The highest BCUT2D eigenvalue weighted by molar-refractivity contribution is 6.43. The number of hydrogen-bond donors (Lipinski definition) is 4. The summed E-state index contributed by atoms with van der Waals surface area (Å²) in [5, 5.41) is 30.8. The van der Waals surface area contributed by atoms with Crippen molar-refractivity contribution in [2.75, 3.05) is 6.54 Å². The second-order valence-electron chi connectivity index (χ2n) is 9.19. The van der Waals surface area contributed by atoms with Gasteiger partial charge in [0.25, 0.3) is 11.8 Å². The van der Waals surface area contributed by atoms with Crippen molar-refractivity contribution < 1.29 is 24.5 Å². The van der Waals surface area contributed by atoms with Gasteiger partial charge in [0, 0.05) is 11.6 Å². The maximum atomic E-state index is 13.2. The molecule has 0 bridgehead atoms. The first-order valence-electron chi connectivity index (χ1n) is 11.4. The molecule has 174 valence electrons. The van der Waals surface area contributed by atoms with Crippen molar-refractivity contribution in [2.45, 2.75) is 51.1 Å². The predicted molar refractivity (Wildman–Crippen MR) is 124 cm³/mol. The van der Waals surface area contributed by atoms with E-state index in [1.807, 2.05) is 44.2 Å². The van der Waals surface area contributed by atoms with E-state index in [2.05, 4.69) is 20.8 Å². The van der Waals surface area contributed by atoms with Gasteiger partial charge in [-0.3, -0.25) is 14.6 Å². The summed E-state index contributed by atoms with van der Waals surface area (Å²) in [6.07, 6.45) is 3.97. The van der Waals surface area contributed by atoms with Crippen molar-refractivity contribution in [1.82, 2.24) is 15.6 Å². The molecule has 2 aromatic rings. The van der Waals surface area contributed by atoms with Gasteiger partial charge in [0.05, 0.1) is 24.1 Å². The van der Waals surface area contributed by atoms with Gasteiger partial charge in [-0.25, -0.2) is 0 Å². The maximum Gasteiger partial charge on any atom is 0.475 e. The first kappa shape index (κ1) is 23.2. The zero-order valence-corrected chi connectivity index (χ0v) is 18.8. The molecule has 4 N–H and O–H groups in total. The van der Waals surface area contributed by atoms with Crippen molar-refractivity contribution in [1.29, 1.82) is 0 Å². The molecule has 2 heterocycles. The number of nitrogens with zero attached hydrogens (tertiary/aromatic N) is 2. The van der Waals surface area contributed by atoms with Crippen LogP contribution in [-0.4, -0.2) is 57.8 Å². The van der Waals surface area contributed by atoms with E-state index in [0.717, 1.165) is 17.2 Å². The molecule has 10 heteroatoms. The van der Waals surface area contributed by atoms with Gasteiger partial charge in [-0.2, -0.15) is 0 Å². The number of carbonyl (C=O) groups excluding carboxylic acids is 2. The average molecular weight is 452 g/mol. The first-order chi connectivity index (χ1) is 15.8. The minimum absolute atomic E-state index is 0.140. The SMILES string of the molecule is CC(C)CC(NC(=O)C12CCCC1C(CNC(=O)c1nccc3ccccc13)=NO2)B(O)O. The number of pyridine rings is 1. The third kappa shape index (κ3) is 4.58. The Morgan fingerprint density at radius 1 is 1.27 bits per heavy atom. The van der Waals surface area contributed by atoms with Gasteiger partial charge in [-0.05, 0) is 43.1 Å². The standard InChI is InChI=1S/C23H29BN4O5/c1-14(2)12-19(24(31)32)27-22(30)23-10-5-8-17(23)18(28-33-23)13-26-21(29)20-16-7-4-3-6-15(16)9-11-25-20/h3-4,6-7,9,11,14,17,19,31-32H,5,8,10,12-13H2,1-2H3,(H,26,29)(H,27,30). The van der Waals surface area contributed by atoms with Crippen LogP contribution >= 0.6 is 0 Å². The quantitative estimate of drug-likeness (QED) is 0.448. The molecule has 9 nitrogen and oxygen atoms in total. The van der Waals surface area contributed by atoms with Gasteiger partial charge in [-0.15, -0.1) is 0 Å². The van der Waals surface area contributed by atoms with Crippen LogP contribution in [0.2, 0.25) is 0 Å². The zero-order valence-electron chi connectivity index (χ0n) is 18.8. The Morgan fingerprint density at radius 3 is 2.82 bits per heavy atom. The number of rotatable bonds is 8. The van der Waals surface area contributed by atoms with Gasteiger partial charge in [0.15, 0.2) is 0 Å². The lowest BCUT2D eigenvalue weighted by molar-refractivity contribution is -0.146. The molecule has 2 aliphatic rings. The first-order valence-corrected chi connectivity index (χ1v) is 11.4. The number of oxime groups is 1. The third-order valence-electron chi connectivity index (χ3n) is 6.44. The van der Waals surface area contributed by atoms with E-state index >= 15 is 0 Å². The summed E-state index contributed by atoms with van der Waals surface area (Å²) >= 11 is 0. The van der Waals surface area contributed by atoms with Crippen molar-refractivity contribution in [3.63, 3.8) is 0 Å². The lowest BCUT2D eigenvalue weighted by atomic mass is 9.74. The monoisotopic (exact) mass is 452 g/mol. The Hall–Kier alpha value is -2.98. The van der Waals surface area contributed by atoms with Crippen LogP contribution < -0.4 is 10.6 Å². The van der Waals surface area contributed by atoms with E-state index in [1.54, 1.807) is 6.20 Å². The van der Waals surface area contributed by atoms with Gasteiger partial charge in [-0.1, -0.05) is 43.3 Å². The lowest BCUT2D eigenvalue weighted by Gasteiger charge is -2.29. The average Bonchev–Trinajstić information content (AvgIpc) is 3.37. The molecule has 1 aromatic carbocycles. The number of amides is 2. The summed E-state index contributed by atoms with van der Waals surface area (Å²) in [6, 6.07) is 9.38. The second kappa shape index (κ2) is 9.48. The van der Waals surface area contributed by atoms with Crippen LogP contribution in [0.4, 0.5) is 0 Å². The fraction of sp³-hybridized carbons (Fsp3) is 0.478. The smallest absolute Gasteiger partial charge is 0.426 e. The summed E-state index contributed by atoms with van der Waals surface area (Å²) < 4.78 is 0. The van der Waals surface area contributed by atoms with E-state index in [-0.39, 0.29) is 24.3 Å². The Balaban J connectivity index is 1.43. The predicted octanol–water partition coefficient (Wildman–Crippen LogP) is 1.43. The normalized spacial score (nSPS) is 22.5. The van der Waals surface area contributed by atoms with Crippen molar-refractivity contribution in [3.05, 3.63) is 42.2 Å². The number of fused-ring (bicyclic) bond motifs is 2. The van der Waals surface area contributed by atoms with Crippen LogP contribution in [0, 0.1) is 11.8 Å². The van der Waals surface area contributed by atoms with Crippen molar-refractivity contribution >= 4 is 35.4 Å². The number of aromatic nitrogens is 1. The summed E-state index contributed by atoms with van der Waals surface area (Å²) in [4.78, 5) is 35.9. The van der Waals surface area contributed by atoms with E-state index in [4.69, 9.17) is 4.84 Å². The highest BCUT2D eigenvalue weighted by atomic mass is 16.7. The fourth-order valence-corrected chi connectivity index (χ4v) is 4.80. The topological polar surface area (TPSA) is 133 Å². The Kier molecular flexibility index (Phi) is 6.67. The number of carbonyl (C=O) groups is 2. The van der Waals surface area contributed by atoms with Gasteiger partial charge < -0.3 is 25.5 Å². The van der Waals surface area contributed by atoms with Gasteiger partial charge >= 0.3 is 7.12 Å². The van der Waals surface area contributed by atoms with Gasteiger partial charge in [0.1, 0.15) is 5.69 Å². The molecule has 33 heavy (non-hydrogen) atoms. The molecule has 1 aliphatic heterocycles. The Bertz CT molecular complexity index is 1070. The number of benzene rings is 1. The third-order valence-corrected chi connectivity index (χ3v) is 6.44. The minimum atomic E-state index is -1.66. The highest BCUT2D eigenvalue weighted by Crippen LogP contribution is 2.44. The molecule has 2 amide bonds. The van der Waals surface area contributed by atoms with E-state index < -0.39 is 24.6 Å². The molecule has 4 rings (SSSR count). The molecule has 0 spiro atoms. The van der Waals surface area contributed by atoms with Crippen LogP contribution in [0.15, 0.2) is 41.7 Å². The highest BCUT2D eigenvalue weighted by Gasteiger charge is 2.58. The van der Waals surface area contributed by atoms with Crippen LogP contribution in [0.1, 0.15) is 50.0 Å². The van der Waals surface area contributed by atoms with E-state index in [9.17, 15) is 19.6 Å². The molecule has 0 saturated heterocycles. The molecular weight excluding hydrogens is 423 g/mol. The van der Waals surface area contributed by atoms with E-state index in [1.165, 1.54) is 0 Å². The summed E-state index contributed by atoms with van der Waals surface area (Å²) in [7, 11) is -1.66. The summed E-state index contributed by atoms with van der Waals surface area (Å²) in [5.74, 6) is -1.63. The number of nitrogens with one attached hydrogen (secondary N) is 2. The molecule has 3 unspecified atom stereocenters. The minimum Gasteiger partial charge on any atom is -0.426 e. The Morgan fingerprint density at radius 2 is 2.06 bits per heavy atom. The molecular formula is C23H29BN4O5. The number of hydrogen-bond acceptors (Lipinski definition) is 7. The summed E-state index contributed by atoms with van der Waals surface area (Å²) in [5.41, 5.74) is -0.250. The maximum absolute atomic E-state index is 13.2. The second-order valence-corrected chi connectivity index (χ2v) is 9.19.